The van der Waals surface area contributed by atoms with Crippen LogP contribution in [0.15, 0.2) is 71.1 Å². The zero-order chi connectivity index (χ0) is 24.4. The Morgan fingerprint density at radius 2 is 1.74 bits per heavy atom. The lowest BCUT2D eigenvalue weighted by Gasteiger charge is -2.26. The van der Waals surface area contributed by atoms with E-state index in [0.29, 0.717) is 23.9 Å². The molecule has 7 nitrogen and oxygen atoms in total. The topological polar surface area (TPSA) is 77.7 Å². The molecule has 0 radical (unpaired) electrons. The third-order valence-electron chi connectivity index (χ3n) is 6.49. The molecule has 1 fully saturated rings. The van der Waals surface area contributed by atoms with Crippen LogP contribution in [0.2, 0.25) is 0 Å². The van der Waals surface area contributed by atoms with Crippen molar-refractivity contribution < 1.29 is 18.7 Å². The molecule has 0 spiro atoms. The second kappa shape index (κ2) is 9.62. The number of benzene rings is 3. The van der Waals surface area contributed by atoms with Crippen molar-refractivity contribution in [2.75, 3.05) is 20.8 Å². The highest BCUT2D eigenvalue weighted by Gasteiger charge is 2.32. The van der Waals surface area contributed by atoms with Crippen molar-refractivity contribution in [2.24, 2.45) is 0 Å². The number of amides is 1. The Bertz CT molecular complexity index is 1350. The van der Waals surface area contributed by atoms with E-state index in [9.17, 15) is 4.79 Å². The highest BCUT2D eigenvalue weighted by molar-refractivity contribution is 5.95. The number of hydrogen-bond acceptors (Lipinski definition) is 6. The van der Waals surface area contributed by atoms with Crippen LogP contribution in [0.5, 0.6) is 11.5 Å². The molecule has 7 heteroatoms. The van der Waals surface area contributed by atoms with E-state index in [0.717, 1.165) is 46.6 Å². The second-order valence-electron chi connectivity index (χ2n) is 8.57. The number of ether oxygens (including phenoxy) is 2. The Morgan fingerprint density at radius 3 is 2.49 bits per heavy atom. The van der Waals surface area contributed by atoms with Gasteiger partial charge in [-0.3, -0.25) is 4.79 Å². The van der Waals surface area contributed by atoms with Gasteiger partial charge in [0.25, 0.3) is 5.91 Å². The lowest BCUT2D eigenvalue weighted by molar-refractivity contribution is 0.0734. The number of hydrogen-bond donors (Lipinski definition) is 0. The molecule has 5 rings (SSSR count). The van der Waals surface area contributed by atoms with Crippen molar-refractivity contribution in [1.82, 2.24) is 15.1 Å². The maximum atomic E-state index is 13.4. The summed E-state index contributed by atoms with van der Waals surface area (Å²) in [6.07, 6.45) is 1.82. The van der Waals surface area contributed by atoms with Crippen LogP contribution in [0, 0.1) is 6.92 Å². The van der Waals surface area contributed by atoms with Gasteiger partial charge in [-0.15, -0.1) is 10.2 Å². The maximum Gasteiger partial charge on any atom is 0.254 e. The molecule has 178 valence electrons. The Hall–Kier alpha value is -4.13. The van der Waals surface area contributed by atoms with Crippen molar-refractivity contribution >= 4 is 5.91 Å². The van der Waals surface area contributed by atoms with Crippen LogP contribution >= 0.6 is 0 Å². The van der Waals surface area contributed by atoms with Gasteiger partial charge in [0.1, 0.15) is 11.5 Å². The predicted molar refractivity (Wildman–Crippen MR) is 132 cm³/mol. The van der Waals surface area contributed by atoms with Crippen LogP contribution in [-0.4, -0.2) is 41.8 Å². The molecular weight excluding hydrogens is 442 g/mol. The minimum Gasteiger partial charge on any atom is -0.497 e. The first-order valence-electron chi connectivity index (χ1n) is 11.6. The first-order chi connectivity index (χ1) is 17.1. The van der Waals surface area contributed by atoms with Crippen molar-refractivity contribution in [3.8, 4) is 34.4 Å². The van der Waals surface area contributed by atoms with Crippen LogP contribution in [0.3, 0.4) is 0 Å². The SMILES string of the molecule is COc1ccc(C2CCCN2C(=O)c2ccc(-c3nnc(-c4ccccc4C)o3)cc2)c(OC)c1. The van der Waals surface area contributed by atoms with Crippen LogP contribution < -0.4 is 9.47 Å². The zero-order valence-corrected chi connectivity index (χ0v) is 20.0. The van der Waals surface area contributed by atoms with Gasteiger partial charge in [-0.25, -0.2) is 0 Å². The average molecular weight is 470 g/mol. The summed E-state index contributed by atoms with van der Waals surface area (Å²) in [4.78, 5) is 15.4. The fraction of sp³-hybridized carbons (Fsp3) is 0.250. The van der Waals surface area contributed by atoms with Gasteiger partial charge in [-0.05, 0) is 67.8 Å². The molecule has 1 amide bonds. The summed E-state index contributed by atoms with van der Waals surface area (Å²) in [6, 6.07) is 20.9. The highest BCUT2D eigenvalue weighted by atomic mass is 16.5. The summed E-state index contributed by atoms with van der Waals surface area (Å²) in [6.45, 7) is 2.71. The first-order valence-corrected chi connectivity index (χ1v) is 11.6. The van der Waals surface area contributed by atoms with Gasteiger partial charge in [0.2, 0.25) is 11.8 Å². The second-order valence-corrected chi connectivity index (χ2v) is 8.57. The van der Waals surface area contributed by atoms with E-state index in [1.165, 1.54) is 0 Å². The standard InChI is InChI=1S/C28H27N3O4/c1-18-7-4-5-8-22(18)27-30-29-26(35-27)19-10-12-20(13-11-19)28(32)31-16-6-9-24(31)23-15-14-21(33-2)17-25(23)34-3/h4-5,7-8,10-15,17,24H,6,9,16H2,1-3H3. The first kappa shape index (κ1) is 22.7. The van der Waals surface area contributed by atoms with Crippen LogP contribution in [0.4, 0.5) is 0 Å². The molecular formula is C28H27N3O4. The number of rotatable bonds is 6. The van der Waals surface area contributed by atoms with Crippen molar-refractivity contribution in [2.45, 2.75) is 25.8 Å². The zero-order valence-electron chi connectivity index (χ0n) is 20.0. The molecule has 0 aliphatic carbocycles. The normalized spacial score (nSPS) is 15.3. The molecule has 1 aromatic heterocycles. The number of carbonyl (C=O) groups is 1. The molecule has 0 saturated carbocycles. The van der Waals surface area contributed by atoms with Crippen molar-refractivity contribution in [3.05, 3.63) is 83.4 Å². The maximum absolute atomic E-state index is 13.4. The fourth-order valence-electron chi connectivity index (χ4n) is 4.61. The summed E-state index contributed by atoms with van der Waals surface area (Å²) >= 11 is 0. The van der Waals surface area contributed by atoms with E-state index < -0.39 is 0 Å². The van der Waals surface area contributed by atoms with Gasteiger partial charge < -0.3 is 18.8 Å². The van der Waals surface area contributed by atoms with E-state index in [-0.39, 0.29) is 11.9 Å². The fourth-order valence-corrected chi connectivity index (χ4v) is 4.61. The van der Waals surface area contributed by atoms with Crippen LogP contribution in [0.25, 0.3) is 22.9 Å². The van der Waals surface area contributed by atoms with E-state index in [2.05, 4.69) is 10.2 Å². The largest absolute Gasteiger partial charge is 0.497 e. The number of aryl methyl sites for hydroxylation is 1. The van der Waals surface area contributed by atoms with Crippen molar-refractivity contribution in [3.63, 3.8) is 0 Å². The molecule has 1 atom stereocenters. The molecule has 1 aliphatic rings. The molecule has 0 N–H and O–H groups in total. The number of methoxy groups -OCH3 is 2. The lowest BCUT2D eigenvalue weighted by atomic mass is 10.0. The number of nitrogens with zero attached hydrogens (tertiary/aromatic N) is 3. The van der Waals surface area contributed by atoms with Gasteiger partial charge >= 0.3 is 0 Å². The Morgan fingerprint density at radius 1 is 0.971 bits per heavy atom. The van der Waals surface area contributed by atoms with E-state index in [1.807, 2.05) is 78.6 Å². The molecule has 4 aromatic rings. The molecule has 0 bridgehead atoms. The smallest absolute Gasteiger partial charge is 0.254 e. The molecule has 2 heterocycles. The Balaban J connectivity index is 1.36. The third-order valence-corrected chi connectivity index (χ3v) is 6.49. The Kier molecular flexibility index (Phi) is 6.23. The van der Waals surface area contributed by atoms with Gasteiger partial charge in [0.05, 0.1) is 20.3 Å². The number of carbonyl (C=O) groups excluding carboxylic acids is 1. The quantitative estimate of drug-likeness (QED) is 0.360. The molecule has 3 aromatic carbocycles. The Labute approximate surface area is 204 Å². The predicted octanol–water partition coefficient (Wildman–Crippen LogP) is 5.71. The van der Waals surface area contributed by atoms with Crippen LogP contribution in [0.1, 0.15) is 40.4 Å². The molecule has 35 heavy (non-hydrogen) atoms. The van der Waals surface area contributed by atoms with Gasteiger partial charge in [-0.1, -0.05) is 18.2 Å². The summed E-state index contributed by atoms with van der Waals surface area (Å²) in [7, 11) is 3.27. The van der Waals surface area contributed by atoms with E-state index in [1.54, 1.807) is 14.2 Å². The van der Waals surface area contributed by atoms with Gasteiger partial charge in [0.15, 0.2) is 0 Å². The molecule has 1 unspecified atom stereocenters. The van der Waals surface area contributed by atoms with E-state index >= 15 is 0 Å². The summed E-state index contributed by atoms with van der Waals surface area (Å²) in [5.41, 5.74) is 4.35. The molecule has 1 aliphatic heterocycles. The van der Waals surface area contributed by atoms with Crippen molar-refractivity contribution in [1.29, 1.82) is 0 Å². The summed E-state index contributed by atoms with van der Waals surface area (Å²) in [5, 5.41) is 8.41. The molecule has 1 saturated heterocycles. The average Bonchev–Trinajstić information content (AvgIpc) is 3.59. The summed E-state index contributed by atoms with van der Waals surface area (Å²) in [5.74, 6) is 2.34. The van der Waals surface area contributed by atoms with Gasteiger partial charge in [-0.2, -0.15) is 0 Å². The van der Waals surface area contributed by atoms with Crippen LogP contribution in [-0.2, 0) is 0 Å². The minimum absolute atomic E-state index is 0.0111. The number of likely N-dealkylation sites (tertiary alicyclic amines) is 1. The van der Waals surface area contributed by atoms with E-state index in [4.69, 9.17) is 13.9 Å². The monoisotopic (exact) mass is 469 g/mol. The third kappa shape index (κ3) is 4.37. The highest BCUT2D eigenvalue weighted by Crippen LogP contribution is 2.39. The number of aromatic nitrogens is 2. The minimum atomic E-state index is -0.0457. The lowest BCUT2D eigenvalue weighted by Crippen LogP contribution is -2.30. The summed E-state index contributed by atoms with van der Waals surface area (Å²) < 4.78 is 16.8. The van der Waals surface area contributed by atoms with Gasteiger partial charge in [0, 0.05) is 34.9 Å².